The zero-order valence-corrected chi connectivity index (χ0v) is 9.20. The van der Waals surface area contributed by atoms with Gasteiger partial charge < -0.3 is 10.6 Å². The van der Waals surface area contributed by atoms with Gasteiger partial charge in [0, 0.05) is 31.7 Å². The molecule has 0 bridgehead atoms. The van der Waals surface area contributed by atoms with Gasteiger partial charge in [-0.05, 0) is 24.1 Å². The molecule has 0 fully saturated rings. The molecule has 3 nitrogen and oxygen atoms in total. The molecule has 14 heavy (non-hydrogen) atoms. The van der Waals surface area contributed by atoms with Gasteiger partial charge in [0.25, 0.3) is 0 Å². The number of hydrogen-bond donors (Lipinski definition) is 1. The molecule has 1 heterocycles. The van der Waals surface area contributed by atoms with Crippen molar-refractivity contribution in [2.45, 2.75) is 13.8 Å². The minimum Gasteiger partial charge on any atom is -0.374 e. The van der Waals surface area contributed by atoms with Crippen LogP contribution in [0.1, 0.15) is 13.8 Å². The second kappa shape index (κ2) is 4.42. The molecular formula is C11H19N3. The van der Waals surface area contributed by atoms with Gasteiger partial charge in [-0.3, -0.25) is 4.98 Å². The molecule has 0 unspecified atom stereocenters. The van der Waals surface area contributed by atoms with Crippen LogP contribution in [-0.2, 0) is 0 Å². The summed E-state index contributed by atoms with van der Waals surface area (Å²) in [4.78, 5) is 6.20. The van der Waals surface area contributed by atoms with Crippen molar-refractivity contribution in [1.29, 1.82) is 0 Å². The van der Waals surface area contributed by atoms with E-state index in [4.69, 9.17) is 5.73 Å². The smallest absolute Gasteiger partial charge is 0.0394 e. The van der Waals surface area contributed by atoms with Crippen molar-refractivity contribution in [2.75, 3.05) is 25.0 Å². The van der Waals surface area contributed by atoms with Crippen molar-refractivity contribution >= 4 is 5.69 Å². The SMILES string of the molecule is CN(CC(C)(C)CN)c1ccncc1. The first-order valence-corrected chi connectivity index (χ1v) is 4.86. The lowest BCUT2D eigenvalue weighted by Crippen LogP contribution is -2.36. The highest BCUT2D eigenvalue weighted by Gasteiger charge is 2.18. The van der Waals surface area contributed by atoms with Crippen molar-refractivity contribution in [3.05, 3.63) is 24.5 Å². The van der Waals surface area contributed by atoms with E-state index in [0.29, 0.717) is 6.54 Å². The van der Waals surface area contributed by atoms with Gasteiger partial charge in [-0.25, -0.2) is 0 Å². The highest BCUT2D eigenvalue weighted by molar-refractivity contribution is 5.43. The van der Waals surface area contributed by atoms with E-state index in [1.807, 2.05) is 12.1 Å². The molecule has 1 aromatic rings. The molecule has 0 aliphatic heterocycles. The molecule has 2 N–H and O–H groups in total. The molecule has 0 aromatic carbocycles. The summed E-state index contributed by atoms with van der Waals surface area (Å²) >= 11 is 0. The van der Waals surface area contributed by atoms with E-state index >= 15 is 0 Å². The van der Waals surface area contributed by atoms with E-state index in [2.05, 4.69) is 30.8 Å². The van der Waals surface area contributed by atoms with Crippen LogP contribution in [0, 0.1) is 5.41 Å². The topological polar surface area (TPSA) is 42.1 Å². The van der Waals surface area contributed by atoms with Gasteiger partial charge in [0.15, 0.2) is 0 Å². The lowest BCUT2D eigenvalue weighted by molar-refractivity contribution is 0.385. The maximum absolute atomic E-state index is 5.69. The summed E-state index contributed by atoms with van der Waals surface area (Å²) < 4.78 is 0. The second-order valence-corrected chi connectivity index (χ2v) is 4.43. The summed E-state index contributed by atoms with van der Waals surface area (Å²) in [7, 11) is 2.08. The van der Waals surface area contributed by atoms with E-state index in [1.165, 1.54) is 5.69 Å². The molecule has 0 aliphatic carbocycles. The third kappa shape index (κ3) is 3.00. The van der Waals surface area contributed by atoms with Crippen LogP contribution in [0.15, 0.2) is 24.5 Å². The maximum Gasteiger partial charge on any atom is 0.0394 e. The first-order chi connectivity index (χ1) is 6.55. The Morgan fingerprint density at radius 1 is 1.36 bits per heavy atom. The van der Waals surface area contributed by atoms with Crippen LogP contribution in [0.5, 0.6) is 0 Å². The average molecular weight is 193 g/mol. The number of rotatable bonds is 4. The third-order valence-corrected chi connectivity index (χ3v) is 2.32. The fourth-order valence-corrected chi connectivity index (χ4v) is 1.40. The van der Waals surface area contributed by atoms with Gasteiger partial charge >= 0.3 is 0 Å². The molecular weight excluding hydrogens is 174 g/mol. The first-order valence-electron chi connectivity index (χ1n) is 4.86. The molecule has 0 aliphatic rings. The highest BCUT2D eigenvalue weighted by Crippen LogP contribution is 2.18. The fourth-order valence-electron chi connectivity index (χ4n) is 1.40. The van der Waals surface area contributed by atoms with E-state index in [-0.39, 0.29) is 5.41 Å². The number of hydrogen-bond acceptors (Lipinski definition) is 3. The summed E-state index contributed by atoms with van der Waals surface area (Å²) in [5, 5.41) is 0. The molecule has 0 saturated heterocycles. The molecule has 0 saturated carbocycles. The largest absolute Gasteiger partial charge is 0.374 e. The minimum atomic E-state index is 0.151. The molecule has 1 aromatic heterocycles. The fraction of sp³-hybridized carbons (Fsp3) is 0.545. The highest BCUT2D eigenvalue weighted by atomic mass is 15.1. The lowest BCUT2D eigenvalue weighted by atomic mass is 9.93. The molecule has 0 amide bonds. The number of nitrogens with two attached hydrogens (primary N) is 1. The monoisotopic (exact) mass is 193 g/mol. The Kier molecular flexibility index (Phi) is 3.47. The Balaban J connectivity index is 2.64. The molecule has 78 valence electrons. The van der Waals surface area contributed by atoms with Crippen LogP contribution in [0.2, 0.25) is 0 Å². The van der Waals surface area contributed by atoms with Crippen LogP contribution < -0.4 is 10.6 Å². The Morgan fingerprint density at radius 2 is 1.93 bits per heavy atom. The predicted molar refractivity (Wildman–Crippen MR) is 60.3 cm³/mol. The number of nitrogens with zero attached hydrogens (tertiary/aromatic N) is 2. The summed E-state index contributed by atoms with van der Waals surface area (Å²) in [5.41, 5.74) is 7.03. The van der Waals surface area contributed by atoms with Gasteiger partial charge in [0.1, 0.15) is 0 Å². The number of pyridine rings is 1. The maximum atomic E-state index is 5.69. The zero-order chi connectivity index (χ0) is 10.6. The summed E-state index contributed by atoms with van der Waals surface area (Å²) in [6, 6.07) is 4.01. The van der Waals surface area contributed by atoms with Crippen molar-refractivity contribution in [2.24, 2.45) is 11.1 Å². The van der Waals surface area contributed by atoms with E-state index in [1.54, 1.807) is 12.4 Å². The van der Waals surface area contributed by atoms with Crippen molar-refractivity contribution in [3.8, 4) is 0 Å². The normalized spacial score (nSPS) is 11.4. The minimum absolute atomic E-state index is 0.151. The van der Waals surface area contributed by atoms with Crippen molar-refractivity contribution < 1.29 is 0 Å². The van der Waals surface area contributed by atoms with E-state index in [9.17, 15) is 0 Å². The molecule has 3 heteroatoms. The molecule has 0 atom stereocenters. The van der Waals surface area contributed by atoms with Gasteiger partial charge in [-0.1, -0.05) is 13.8 Å². The van der Waals surface area contributed by atoms with Crippen LogP contribution in [0.4, 0.5) is 5.69 Å². The van der Waals surface area contributed by atoms with E-state index in [0.717, 1.165) is 6.54 Å². The standard InChI is InChI=1S/C11H19N3/c1-11(2,8-12)9-14(3)10-4-6-13-7-5-10/h4-7H,8-9,12H2,1-3H3. The second-order valence-electron chi connectivity index (χ2n) is 4.43. The molecule has 1 rings (SSSR count). The Bertz CT molecular complexity index is 269. The predicted octanol–water partition coefficient (Wildman–Crippen LogP) is 1.50. The van der Waals surface area contributed by atoms with Crippen LogP contribution in [0.25, 0.3) is 0 Å². The van der Waals surface area contributed by atoms with Crippen molar-refractivity contribution in [1.82, 2.24) is 4.98 Å². The summed E-state index contributed by atoms with van der Waals surface area (Å²) in [6.07, 6.45) is 3.61. The first kappa shape index (κ1) is 11.0. The van der Waals surface area contributed by atoms with Crippen molar-refractivity contribution in [3.63, 3.8) is 0 Å². The van der Waals surface area contributed by atoms with Gasteiger partial charge in [0.2, 0.25) is 0 Å². The Hall–Kier alpha value is -1.09. The summed E-state index contributed by atoms with van der Waals surface area (Å²) in [5.74, 6) is 0. The molecule has 0 spiro atoms. The van der Waals surface area contributed by atoms with Crippen LogP contribution in [0.3, 0.4) is 0 Å². The van der Waals surface area contributed by atoms with Gasteiger partial charge in [-0.2, -0.15) is 0 Å². The molecule has 0 radical (unpaired) electrons. The third-order valence-electron chi connectivity index (χ3n) is 2.32. The van der Waals surface area contributed by atoms with Gasteiger partial charge in [0.05, 0.1) is 0 Å². The lowest BCUT2D eigenvalue weighted by Gasteiger charge is -2.30. The quantitative estimate of drug-likeness (QED) is 0.788. The van der Waals surface area contributed by atoms with E-state index < -0.39 is 0 Å². The van der Waals surface area contributed by atoms with Crippen LogP contribution in [-0.4, -0.2) is 25.1 Å². The van der Waals surface area contributed by atoms with Gasteiger partial charge in [-0.15, -0.1) is 0 Å². The number of anilines is 1. The Labute approximate surface area is 85.9 Å². The Morgan fingerprint density at radius 3 is 2.43 bits per heavy atom. The number of aromatic nitrogens is 1. The average Bonchev–Trinajstić information content (AvgIpc) is 2.19. The zero-order valence-electron chi connectivity index (χ0n) is 9.20. The summed E-state index contributed by atoms with van der Waals surface area (Å²) in [6.45, 7) is 5.99. The van der Waals surface area contributed by atoms with Crippen LogP contribution >= 0.6 is 0 Å².